The molecule has 2 aliphatic heterocycles. The fourth-order valence-electron chi connectivity index (χ4n) is 6.08. The van der Waals surface area contributed by atoms with Gasteiger partial charge in [-0.25, -0.2) is 18.2 Å². The van der Waals surface area contributed by atoms with Crippen LogP contribution in [0, 0.1) is 5.92 Å². The van der Waals surface area contributed by atoms with Crippen LogP contribution in [0.4, 0.5) is 4.79 Å². The molecule has 6 rings (SSSR count). The summed E-state index contributed by atoms with van der Waals surface area (Å²) in [7, 11) is -0.521. The van der Waals surface area contributed by atoms with Crippen molar-refractivity contribution >= 4 is 54.6 Å². The summed E-state index contributed by atoms with van der Waals surface area (Å²) in [4.78, 5) is 48.5. The molecule has 2 aromatic rings. The van der Waals surface area contributed by atoms with E-state index in [1.54, 1.807) is 31.3 Å². The number of carbonyl (C=O) groups excluding carboxylic acids is 3. The van der Waals surface area contributed by atoms with Crippen LogP contribution >= 0.6 is 15.9 Å². The van der Waals surface area contributed by atoms with Gasteiger partial charge in [0.2, 0.25) is 21.8 Å². The van der Waals surface area contributed by atoms with Crippen molar-refractivity contribution in [1.82, 2.24) is 24.8 Å². The number of nitrogens with zero attached hydrogens (tertiary/aromatic N) is 3. The zero-order valence-electron chi connectivity index (χ0n) is 24.6. The van der Waals surface area contributed by atoms with Gasteiger partial charge in [0.1, 0.15) is 23.4 Å². The molecule has 0 spiro atoms. The number of amides is 4. The lowest BCUT2D eigenvalue weighted by atomic mass is 10.1. The summed E-state index contributed by atoms with van der Waals surface area (Å²) in [5.74, 6) is -0.590. The molecule has 4 atom stereocenters. The van der Waals surface area contributed by atoms with Gasteiger partial charge in [0.25, 0.3) is 5.91 Å². The monoisotopic (exact) mass is 689 g/mol. The van der Waals surface area contributed by atoms with E-state index in [4.69, 9.17) is 9.47 Å². The number of ether oxygens (including phenoxy) is 2. The first kappa shape index (κ1) is 30.6. The molecule has 1 saturated heterocycles. The third-order valence-electron chi connectivity index (χ3n) is 8.89. The summed E-state index contributed by atoms with van der Waals surface area (Å²) in [5.41, 5.74) is -1.40. The Morgan fingerprint density at radius 2 is 1.98 bits per heavy atom. The van der Waals surface area contributed by atoms with Gasteiger partial charge >= 0.3 is 6.03 Å². The third-order valence-corrected chi connectivity index (χ3v) is 11.5. The molecule has 12 nitrogen and oxygen atoms in total. The number of aromatic nitrogens is 1. The molecule has 1 aromatic carbocycles. The highest BCUT2D eigenvalue weighted by atomic mass is 79.9. The molecular weight excluding hydrogens is 654 g/mol. The molecule has 14 heteroatoms. The van der Waals surface area contributed by atoms with Crippen molar-refractivity contribution in [2.75, 3.05) is 27.2 Å². The minimum atomic E-state index is -3.81. The second kappa shape index (κ2) is 11.8. The average molecular weight is 691 g/mol. The van der Waals surface area contributed by atoms with E-state index in [9.17, 15) is 22.8 Å². The molecule has 0 radical (unpaired) electrons. The number of nitrogens with one attached hydrogen (secondary N) is 2. The second-order valence-corrected chi connectivity index (χ2v) is 14.8. The summed E-state index contributed by atoms with van der Waals surface area (Å²) < 4.78 is 40.0. The number of methoxy groups -OCH3 is 1. The van der Waals surface area contributed by atoms with Crippen molar-refractivity contribution in [2.24, 2.45) is 5.92 Å². The highest BCUT2D eigenvalue weighted by Gasteiger charge is 2.62. The number of urea groups is 1. The van der Waals surface area contributed by atoms with E-state index in [1.165, 1.54) is 4.90 Å². The molecule has 2 aliphatic carbocycles. The Morgan fingerprint density at radius 1 is 1.18 bits per heavy atom. The van der Waals surface area contributed by atoms with Crippen molar-refractivity contribution in [2.45, 2.75) is 67.9 Å². The SMILES string of the molecule is COc1ccc2c(O[C@@H]3C[C@H]4C(=O)N[C@@]5(C(=O)NS(=O)(=O)C6CC6)C[C@@H]5/C=C\CCCCN(C)C(=O)N4C3)nccc2c1Br. The second-order valence-electron chi connectivity index (χ2n) is 12.0. The van der Waals surface area contributed by atoms with Crippen LogP contribution in [0.3, 0.4) is 0 Å². The quantitative estimate of drug-likeness (QED) is 0.440. The number of halogens is 1. The highest BCUT2D eigenvalue weighted by molar-refractivity contribution is 9.10. The summed E-state index contributed by atoms with van der Waals surface area (Å²) in [6, 6.07) is 4.24. The van der Waals surface area contributed by atoms with Gasteiger partial charge in [-0.05, 0) is 72.7 Å². The fraction of sp³-hybridized carbons (Fsp3) is 0.533. The van der Waals surface area contributed by atoms with Gasteiger partial charge in [0.05, 0.1) is 23.4 Å². The lowest BCUT2D eigenvalue weighted by Crippen LogP contribution is -2.57. The number of sulfonamides is 1. The van der Waals surface area contributed by atoms with Crippen molar-refractivity contribution in [3.63, 3.8) is 0 Å². The van der Waals surface area contributed by atoms with Gasteiger partial charge in [0.15, 0.2) is 0 Å². The number of allylic oxidation sites excluding steroid dienone is 1. The Balaban J connectivity index is 1.27. The zero-order valence-corrected chi connectivity index (χ0v) is 27.0. The summed E-state index contributed by atoms with van der Waals surface area (Å²) >= 11 is 3.58. The first-order valence-corrected chi connectivity index (χ1v) is 17.2. The molecular formula is C30H36BrN5O7S. The molecule has 0 unspecified atom stereocenters. The molecule has 4 aliphatic rings. The largest absolute Gasteiger partial charge is 0.496 e. The minimum absolute atomic E-state index is 0.134. The van der Waals surface area contributed by atoms with E-state index in [-0.39, 0.29) is 31.3 Å². The normalized spacial score (nSPS) is 28.4. The number of benzene rings is 1. The predicted molar refractivity (Wildman–Crippen MR) is 166 cm³/mol. The maximum atomic E-state index is 13.9. The predicted octanol–water partition coefficient (Wildman–Crippen LogP) is 3.10. The van der Waals surface area contributed by atoms with E-state index < -0.39 is 44.8 Å². The number of carbonyl (C=O) groups is 3. The number of fused-ring (bicyclic) bond motifs is 3. The molecule has 3 fully saturated rings. The smallest absolute Gasteiger partial charge is 0.320 e. The standard InChI is InChI=1S/C30H36BrN5O7S/c1-35-14-6-4-3-5-7-18-16-30(18,28(38)34-44(40,41)20-8-9-20)33-26(37)23-15-19(17-36(23)29(35)39)43-27-22-10-11-24(42-2)25(31)21(22)12-13-32-27/h5,7,10-13,18-20,23H,3-4,6,8-9,14-17H2,1-2H3,(H,33,37)(H,34,38)/b7-5-/t18-,19+,23-,30-/m0/s1. The van der Waals surface area contributed by atoms with E-state index in [1.807, 2.05) is 24.3 Å². The molecule has 2 saturated carbocycles. The zero-order chi connectivity index (χ0) is 31.2. The lowest BCUT2D eigenvalue weighted by Gasteiger charge is -2.30. The van der Waals surface area contributed by atoms with Crippen molar-refractivity contribution < 1.29 is 32.3 Å². The van der Waals surface area contributed by atoms with E-state index in [0.29, 0.717) is 31.0 Å². The van der Waals surface area contributed by atoms with Crippen LogP contribution in [0.25, 0.3) is 10.8 Å². The van der Waals surface area contributed by atoms with Gasteiger partial charge in [-0.1, -0.05) is 12.2 Å². The minimum Gasteiger partial charge on any atom is -0.496 e. The molecule has 2 N–H and O–H groups in total. The number of hydrogen-bond donors (Lipinski definition) is 2. The maximum Gasteiger partial charge on any atom is 0.320 e. The van der Waals surface area contributed by atoms with Gasteiger partial charge in [-0.2, -0.15) is 0 Å². The van der Waals surface area contributed by atoms with Gasteiger partial charge in [-0.3, -0.25) is 14.3 Å². The van der Waals surface area contributed by atoms with E-state index >= 15 is 0 Å². The molecule has 3 heterocycles. The van der Waals surface area contributed by atoms with E-state index in [0.717, 1.165) is 34.5 Å². The van der Waals surface area contributed by atoms with Crippen LogP contribution in [0.1, 0.15) is 44.9 Å². The Bertz CT molecular complexity index is 1630. The molecule has 0 bridgehead atoms. The van der Waals surface area contributed by atoms with Crippen LogP contribution in [-0.2, 0) is 19.6 Å². The first-order chi connectivity index (χ1) is 21.0. The topological polar surface area (TPSA) is 147 Å². The lowest BCUT2D eigenvalue weighted by molar-refractivity contribution is -0.131. The van der Waals surface area contributed by atoms with Crippen molar-refractivity contribution in [3.8, 4) is 11.6 Å². The van der Waals surface area contributed by atoms with Crippen LogP contribution in [0.2, 0.25) is 0 Å². The number of rotatable bonds is 6. The Morgan fingerprint density at radius 3 is 2.73 bits per heavy atom. The van der Waals surface area contributed by atoms with Crippen molar-refractivity contribution in [1.29, 1.82) is 0 Å². The summed E-state index contributed by atoms with van der Waals surface area (Å²) in [6.45, 7) is 0.661. The Kier molecular flexibility index (Phi) is 8.24. The summed E-state index contributed by atoms with van der Waals surface area (Å²) in [5, 5.41) is 3.87. The molecule has 4 amide bonds. The fourth-order valence-corrected chi connectivity index (χ4v) is 8.08. The number of pyridine rings is 1. The van der Waals surface area contributed by atoms with Crippen LogP contribution < -0.4 is 19.5 Å². The van der Waals surface area contributed by atoms with Crippen LogP contribution in [-0.4, -0.2) is 91.2 Å². The molecule has 236 valence electrons. The van der Waals surface area contributed by atoms with Gasteiger partial charge < -0.3 is 24.6 Å². The Hall–Kier alpha value is -3.39. The third kappa shape index (κ3) is 5.85. The highest BCUT2D eigenvalue weighted by Crippen LogP contribution is 2.46. The maximum absolute atomic E-state index is 13.9. The summed E-state index contributed by atoms with van der Waals surface area (Å²) in [6.07, 6.45) is 8.73. The van der Waals surface area contributed by atoms with Crippen molar-refractivity contribution in [3.05, 3.63) is 41.0 Å². The first-order valence-electron chi connectivity index (χ1n) is 14.9. The van der Waals surface area contributed by atoms with Gasteiger partial charge in [0, 0.05) is 42.9 Å². The van der Waals surface area contributed by atoms with Crippen LogP contribution in [0.15, 0.2) is 41.0 Å². The van der Waals surface area contributed by atoms with Crippen LogP contribution in [0.5, 0.6) is 11.6 Å². The average Bonchev–Trinajstić information content (AvgIpc) is 3.92. The van der Waals surface area contributed by atoms with E-state index in [2.05, 4.69) is 31.0 Å². The molecule has 1 aromatic heterocycles. The number of hydrogen-bond acceptors (Lipinski definition) is 8. The van der Waals surface area contributed by atoms with Gasteiger partial charge in [-0.15, -0.1) is 0 Å². The molecule has 44 heavy (non-hydrogen) atoms. The Labute approximate surface area is 264 Å².